The molecular formula is C24H27N3O3S. The molecule has 0 spiro atoms. The van der Waals surface area contributed by atoms with E-state index in [1.54, 1.807) is 43.8 Å². The van der Waals surface area contributed by atoms with Crippen LogP contribution in [0.5, 0.6) is 11.5 Å². The lowest BCUT2D eigenvalue weighted by Gasteiger charge is -2.31. The fourth-order valence-electron chi connectivity index (χ4n) is 4.34. The van der Waals surface area contributed by atoms with E-state index in [1.807, 2.05) is 16.5 Å². The summed E-state index contributed by atoms with van der Waals surface area (Å²) in [4.78, 5) is 19.8. The van der Waals surface area contributed by atoms with Crippen molar-refractivity contribution in [3.05, 3.63) is 70.2 Å². The summed E-state index contributed by atoms with van der Waals surface area (Å²) in [6, 6.07) is 13.8. The van der Waals surface area contributed by atoms with E-state index in [0.717, 1.165) is 5.01 Å². The number of benzene rings is 2. The van der Waals surface area contributed by atoms with E-state index in [0.29, 0.717) is 30.3 Å². The molecule has 0 radical (unpaired) electrons. The Balaban J connectivity index is 1.65. The molecule has 2 aromatic carbocycles. The summed E-state index contributed by atoms with van der Waals surface area (Å²) in [6.45, 7) is 5.47. The number of carbonyl (C=O) groups is 1. The van der Waals surface area contributed by atoms with Gasteiger partial charge in [-0.2, -0.15) is 0 Å². The van der Waals surface area contributed by atoms with Gasteiger partial charge in [0.25, 0.3) is 0 Å². The highest BCUT2D eigenvalue weighted by molar-refractivity contribution is 7.09. The Morgan fingerprint density at radius 1 is 1.19 bits per heavy atom. The van der Waals surface area contributed by atoms with Gasteiger partial charge in [0.05, 0.1) is 25.3 Å². The van der Waals surface area contributed by atoms with Crippen molar-refractivity contribution in [2.75, 3.05) is 32.6 Å². The van der Waals surface area contributed by atoms with Crippen LogP contribution in [0.2, 0.25) is 0 Å². The molecule has 7 heteroatoms. The summed E-state index contributed by atoms with van der Waals surface area (Å²) in [5.41, 5.74) is 2.65. The Morgan fingerprint density at radius 3 is 2.61 bits per heavy atom. The molecule has 1 N–H and O–H groups in total. The molecule has 2 heterocycles. The lowest BCUT2D eigenvalue weighted by atomic mass is 9.73. The van der Waals surface area contributed by atoms with Crippen LogP contribution in [0.25, 0.3) is 0 Å². The normalized spacial score (nSPS) is 20.5. The average molecular weight is 438 g/mol. The van der Waals surface area contributed by atoms with Gasteiger partial charge in [-0.3, -0.25) is 0 Å². The van der Waals surface area contributed by atoms with Crippen LogP contribution < -0.4 is 14.8 Å². The van der Waals surface area contributed by atoms with Crippen molar-refractivity contribution < 1.29 is 14.3 Å². The standard InChI is InChI=1S/C24H27N3O3S/c1-16-5-7-18(8-6-16)24(22-25-11-12-31-22)15-27(14-17(24)2)23(28)26-20-13-19(29-3)9-10-21(20)30-4/h5-13,17H,14-15H2,1-4H3,(H,26,28)/t17?,24-/m1/s1. The molecule has 1 unspecified atom stereocenters. The van der Waals surface area contributed by atoms with Crippen molar-refractivity contribution in [3.63, 3.8) is 0 Å². The summed E-state index contributed by atoms with van der Waals surface area (Å²) in [5, 5.41) is 6.05. The highest BCUT2D eigenvalue weighted by Gasteiger charge is 2.50. The molecule has 0 saturated carbocycles. The fourth-order valence-corrected chi connectivity index (χ4v) is 5.31. The number of nitrogens with zero attached hydrogens (tertiary/aromatic N) is 2. The van der Waals surface area contributed by atoms with Gasteiger partial charge >= 0.3 is 6.03 Å². The van der Waals surface area contributed by atoms with Gasteiger partial charge in [-0.15, -0.1) is 11.3 Å². The van der Waals surface area contributed by atoms with E-state index < -0.39 is 0 Å². The number of aryl methyl sites for hydroxylation is 1. The predicted molar refractivity (Wildman–Crippen MR) is 123 cm³/mol. The van der Waals surface area contributed by atoms with Crippen molar-refractivity contribution in [1.82, 2.24) is 9.88 Å². The minimum absolute atomic E-state index is 0.163. The van der Waals surface area contributed by atoms with Crippen molar-refractivity contribution in [2.45, 2.75) is 19.3 Å². The van der Waals surface area contributed by atoms with Crippen LogP contribution >= 0.6 is 11.3 Å². The number of hydrogen-bond donors (Lipinski definition) is 1. The Morgan fingerprint density at radius 2 is 1.97 bits per heavy atom. The number of methoxy groups -OCH3 is 2. The molecule has 4 rings (SSSR count). The SMILES string of the molecule is COc1ccc(OC)c(NC(=O)N2CC(C)[C@](c3ccc(C)cc3)(c3nccs3)C2)c1. The summed E-state index contributed by atoms with van der Waals surface area (Å²) in [5.74, 6) is 1.45. The summed E-state index contributed by atoms with van der Waals surface area (Å²) >= 11 is 1.64. The van der Waals surface area contributed by atoms with Gasteiger partial charge in [-0.1, -0.05) is 36.8 Å². The molecule has 162 valence electrons. The van der Waals surface area contributed by atoms with Gasteiger partial charge in [0.2, 0.25) is 0 Å². The van der Waals surface area contributed by atoms with Gasteiger partial charge in [0.1, 0.15) is 16.5 Å². The van der Waals surface area contributed by atoms with Crippen molar-refractivity contribution in [2.24, 2.45) is 5.92 Å². The monoisotopic (exact) mass is 437 g/mol. The maximum atomic E-state index is 13.3. The third-order valence-corrected chi connectivity index (χ3v) is 7.04. The third-order valence-electron chi connectivity index (χ3n) is 6.09. The van der Waals surface area contributed by atoms with Crippen LogP contribution in [0.4, 0.5) is 10.5 Å². The topological polar surface area (TPSA) is 63.7 Å². The first kappa shape index (κ1) is 21.2. The Labute approximate surface area is 186 Å². The zero-order valence-electron chi connectivity index (χ0n) is 18.2. The van der Waals surface area contributed by atoms with E-state index in [4.69, 9.17) is 9.47 Å². The molecule has 31 heavy (non-hydrogen) atoms. The molecule has 3 aromatic rings. The molecule has 0 bridgehead atoms. The second-order valence-electron chi connectivity index (χ2n) is 7.95. The number of aromatic nitrogens is 1. The summed E-state index contributed by atoms with van der Waals surface area (Å²) in [7, 11) is 3.18. The lowest BCUT2D eigenvalue weighted by Crippen LogP contribution is -2.38. The number of carbonyl (C=O) groups excluding carboxylic acids is 1. The molecule has 1 aromatic heterocycles. The highest BCUT2D eigenvalue weighted by atomic mass is 32.1. The van der Waals surface area contributed by atoms with E-state index in [9.17, 15) is 4.79 Å². The molecule has 2 atom stereocenters. The largest absolute Gasteiger partial charge is 0.497 e. The number of urea groups is 1. The highest BCUT2D eigenvalue weighted by Crippen LogP contribution is 2.45. The summed E-state index contributed by atoms with van der Waals surface area (Å²) < 4.78 is 10.7. The number of anilines is 1. The zero-order chi connectivity index (χ0) is 22.0. The number of thiazole rings is 1. The summed E-state index contributed by atoms with van der Waals surface area (Å²) in [6.07, 6.45) is 1.84. The van der Waals surface area contributed by atoms with E-state index in [1.165, 1.54) is 11.1 Å². The minimum Gasteiger partial charge on any atom is -0.497 e. The van der Waals surface area contributed by atoms with Crippen molar-refractivity contribution in [3.8, 4) is 11.5 Å². The van der Waals surface area contributed by atoms with Gasteiger partial charge in [-0.25, -0.2) is 9.78 Å². The number of hydrogen-bond acceptors (Lipinski definition) is 5. The van der Waals surface area contributed by atoms with Gasteiger partial charge in [0.15, 0.2) is 0 Å². The molecular weight excluding hydrogens is 410 g/mol. The number of likely N-dealkylation sites (tertiary alicyclic amines) is 1. The first-order chi connectivity index (χ1) is 15.0. The first-order valence-electron chi connectivity index (χ1n) is 10.2. The maximum Gasteiger partial charge on any atom is 0.322 e. The molecule has 6 nitrogen and oxygen atoms in total. The van der Waals surface area contributed by atoms with Gasteiger partial charge < -0.3 is 19.7 Å². The van der Waals surface area contributed by atoms with E-state index >= 15 is 0 Å². The van der Waals surface area contributed by atoms with E-state index in [-0.39, 0.29) is 17.4 Å². The average Bonchev–Trinajstić information content (AvgIpc) is 3.43. The minimum atomic E-state index is -0.336. The smallest absolute Gasteiger partial charge is 0.322 e. The molecule has 0 aliphatic carbocycles. The first-order valence-corrected chi connectivity index (χ1v) is 11.1. The van der Waals surface area contributed by atoms with Crippen LogP contribution in [-0.2, 0) is 5.41 Å². The fraction of sp³-hybridized carbons (Fsp3) is 0.333. The predicted octanol–water partition coefficient (Wildman–Crippen LogP) is 4.94. The van der Waals surface area contributed by atoms with Gasteiger partial charge in [-0.05, 0) is 30.5 Å². The second-order valence-corrected chi connectivity index (χ2v) is 8.85. The van der Waals surface area contributed by atoms with Crippen molar-refractivity contribution >= 4 is 23.1 Å². The van der Waals surface area contributed by atoms with E-state index in [2.05, 4.69) is 48.4 Å². The lowest BCUT2D eigenvalue weighted by molar-refractivity contribution is 0.220. The molecule has 1 aliphatic heterocycles. The quantitative estimate of drug-likeness (QED) is 0.614. The maximum absolute atomic E-state index is 13.3. The van der Waals surface area contributed by atoms with Gasteiger partial charge in [0, 0.05) is 30.7 Å². The molecule has 1 saturated heterocycles. The van der Waals surface area contributed by atoms with Crippen LogP contribution in [0.3, 0.4) is 0 Å². The third kappa shape index (κ3) is 3.85. The molecule has 1 aliphatic rings. The number of amides is 2. The number of nitrogens with one attached hydrogen (secondary N) is 1. The molecule has 2 amide bonds. The zero-order valence-corrected chi connectivity index (χ0v) is 19.0. The Hall–Kier alpha value is -3.06. The van der Waals surface area contributed by atoms with Crippen LogP contribution in [-0.4, -0.2) is 43.2 Å². The van der Waals surface area contributed by atoms with Crippen molar-refractivity contribution in [1.29, 1.82) is 0 Å². The van der Waals surface area contributed by atoms with Crippen LogP contribution in [0, 0.1) is 12.8 Å². The Bertz CT molecular complexity index is 1050. The van der Waals surface area contributed by atoms with Crippen LogP contribution in [0.15, 0.2) is 54.0 Å². The number of rotatable bonds is 5. The molecule has 1 fully saturated rings. The Kier molecular flexibility index (Phi) is 5.87. The number of ether oxygens (including phenoxy) is 2. The second kappa shape index (κ2) is 8.59. The van der Waals surface area contributed by atoms with Crippen LogP contribution in [0.1, 0.15) is 23.1 Å².